The van der Waals surface area contributed by atoms with Crippen molar-refractivity contribution < 1.29 is 16.8 Å². The Morgan fingerprint density at radius 3 is 2.21 bits per heavy atom. The molecular weight excluding hydrogens is 408 g/mol. The van der Waals surface area contributed by atoms with Crippen LogP contribution in [0.2, 0.25) is 0 Å². The number of sulfonamides is 2. The third-order valence-electron chi connectivity index (χ3n) is 5.11. The van der Waals surface area contributed by atoms with Gasteiger partial charge in [0.1, 0.15) is 0 Å². The standard InChI is InChI=1S/C21H28N2O4S2/c1-17(2)15-22-28(24,25)20-10-12-21(13-11-20)29(26,27)23-14-6-9-19(16-23)18-7-4-3-5-8-18/h3-5,7-8,10-13,17,19,22H,6,9,14-16H2,1-2H3/t19-/m0/s1. The molecule has 1 heterocycles. The molecule has 6 nitrogen and oxygen atoms in total. The molecule has 1 aliphatic heterocycles. The molecule has 2 aromatic carbocycles. The van der Waals surface area contributed by atoms with E-state index in [1.54, 1.807) is 0 Å². The van der Waals surface area contributed by atoms with Gasteiger partial charge in [-0.1, -0.05) is 44.2 Å². The monoisotopic (exact) mass is 436 g/mol. The normalized spacial score (nSPS) is 18.8. The zero-order valence-electron chi connectivity index (χ0n) is 16.8. The van der Waals surface area contributed by atoms with Gasteiger partial charge >= 0.3 is 0 Å². The molecule has 0 radical (unpaired) electrons. The first kappa shape index (κ1) is 22.0. The number of nitrogens with one attached hydrogen (secondary N) is 1. The Kier molecular flexibility index (Phi) is 6.78. The van der Waals surface area contributed by atoms with Crippen molar-refractivity contribution in [3.8, 4) is 0 Å². The lowest BCUT2D eigenvalue weighted by Crippen LogP contribution is -2.39. The SMILES string of the molecule is CC(C)CNS(=O)(=O)c1ccc(S(=O)(=O)N2CCC[C@H](c3ccccc3)C2)cc1. The summed E-state index contributed by atoms with van der Waals surface area (Å²) in [6.45, 7) is 5.07. The van der Waals surface area contributed by atoms with Crippen LogP contribution in [0.15, 0.2) is 64.4 Å². The van der Waals surface area contributed by atoms with E-state index in [4.69, 9.17) is 0 Å². The second-order valence-corrected chi connectivity index (χ2v) is 11.5. The van der Waals surface area contributed by atoms with Gasteiger partial charge in [-0.25, -0.2) is 21.6 Å². The zero-order valence-corrected chi connectivity index (χ0v) is 18.4. The first-order chi connectivity index (χ1) is 13.7. The largest absolute Gasteiger partial charge is 0.243 e. The van der Waals surface area contributed by atoms with Gasteiger partial charge in [-0.05, 0) is 54.5 Å². The van der Waals surface area contributed by atoms with Crippen LogP contribution in [-0.2, 0) is 20.0 Å². The highest BCUT2D eigenvalue weighted by Crippen LogP contribution is 2.30. The molecule has 0 unspecified atom stereocenters. The number of hydrogen-bond acceptors (Lipinski definition) is 4. The third kappa shape index (κ3) is 5.25. The van der Waals surface area contributed by atoms with Crippen molar-refractivity contribution in [2.45, 2.75) is 42.4 Å². The summed E-state index contributed by atoms with van der Waals surface area (Å²) in [7, 11) is -7.32. The highest BCUT2D eigenvalue weighted by atomic mass is 32.2. The molecule has 1 atom stereocenters. The van der Waals surface area contributed by atoms with Gasteiger partial charge in [0.25, 0.3) is 0 Å². The van der Waals surface area contributed by atoms with E-state index >= 15 is 0 Å². The van der Waals surface area contributed by atoms with Crippen LogP contribution >= 0.6 is 0 Å². The second kappa shape index (κ2) is 8.95. The van der Waals surface area contributed by atoms with Crippen molar-refractivity contribution in [1.82, 2.24) is 9.03 Å². The van der Waals surface area contributed by atoms with E-state index in [-0.39, 0.29) is 21.6 Å². The molecule has 1 aliphatic rings. The minimum absolute atomic E-state index is 0.0675. The summed E-state index contributed by atoms with van der Waals surface area (Å²) in [4.78, 5) is 0.187. The van der Waals surface area contributed by atoms with Crippen LogP contribution in [0.4, 0.5) is 0 Å². The van der Waals surface area contributed by atoms with E-state index in [1.165, 1.54) is 28.6 Å². The van der Waals surface area contributed by atoms with Gasteiger partial charge in [0.05, 0.1) is 9.79 Å². The minimum atomic E-state index is -3.67. The third-order valence-corrected chi connectivity index (χ3v) is 8.43. The van der Waals surface area contributed by atoms with E-state index in [0.717, 1.165) is 18.4 Å². The topological polar surface area (TPSA) is 83.5 Å². The Balaban J connectivity index is 1.77. The zero-order chi connectivity index (χ0) is 21.1. The maximum absolute atomic E-state index is 13.1. The summed E-state index contributed by atoms with van der Waals surface area (Å²) in [6.07, 6.45) is 1.75. The highest BCUT2D eigenvalue weighted by molar-refractivity contribution is 7.89. The van der Waals surface area contributed by atoms with Crippen molar-refractivity contribution in [2.24, 2.45) is 5.92 Å². The Bertz CT molecular complexity index is 1020. The summed E-state index contributed by atoms with van der Waals surface area (Å²) < 4.78 is 54.9. The van der Waals surface area contributed by atoms with Crippen LogP contribution in [0.5, 0.6) is 0 Å². The Morgan fingerprint density at radius 1 is 0.966 bits per heavy atom. The van der Waals surface area contributed by atoms with E-state index in [2.05, 4.69) is 4.72 Å². The van der Waals surface area contributed by atoms with Crippen LogP contribution in [0.1, 0.15) is 38.2 Å². The molecule has 0 amide bonds. The average molecular weight is 437 g/mol. The van der Waals surface area contributed by atoms with Gasteiger partial charge in [0, 0.05) is 19.6 Å². The van der Waals surface area contributed by atoms with Crippen molar-refractivity contribution >= 4 is 20.0 Å². The van der Waals surface area contributed by atoms with Gasteiger partial charge in [-0.2, -0.15) is 4.31 Å². The number of nitrogens with zero attached hydrogens (tertiary/aromatic N) is 1. The van der Waals surface area contributed by atoms with Gasteiger partial charge < -0.3 is 0 Å². The lowest BCUT2D eigenvalue weighted by atomic mass is 9.92. The van der Waals surface area contributed by atoms with Gasteiger partial charge in [0.15, 0.2) is 0 Å². The molecule has 0 aromatic heterocycles. The van der Waals surface area contributed by atoms with Crippen LogP contribution in [-0.4, -0.2) is 40.8 Å². The Hall–Kier alpha value is -1.74. The van der Waals surface area contributed by atoms with Gasteiger partial charge in [0.2, 0.25) is 20.0 Å². The van der Waals surface area contributed by atoms with Crippen LogP contribution in [0.25, 0.3) is 0 Å². The molecule has 0 spiro atoms. The van der Waals surface area contributed by atoms with E-state index in [0.29, 0.717) is 19.6 Å². The number of piperidine rings is 1. The van der Waals surface area contributed by atoms with E-state index in [9.17, 15) is 16.8 Å². The van der Waals surface area contributed by atoms with Crippen LogP contribution in [0, 0.1) is 5.92 Å². The fraction of sp³-hybridized carbons (Fsp3) is 0.429. The predicted octanol–water partition coefficient (Wildman–Crippen LogP) is 3.19. The van der Waals surface area contributed by atoms with Crippen molar-refractivity contribution in [3.05, 3.63) is 60.2 Å². The molecule has 2 aromatic rings. The molecule has 0 bridgehead atoms. The average Bonchev–Trinajstić information content (AvgIpc) is 2.73. The molecule has 1 saturated heterocycles. The van der Waals surface area contributed by atoms with Crippen molar-refractivity contribution in [3.63, 3.8) is 0 Å². The first-order valence-corrected chi connectivity index (χ1v) is 12.8. The maximum atomic E-state index is 13.1. The van der Waals surface area contributed by atoms with Gasteiger partial charge in [-0.15, -0.1) is 0 Å². The summed E-state index contributed by atoms with van der Waals surface area (Å²) in [6, 6.07) is 15.4. The van der Waals surface area contributed by atoms with E-state index < -0.39 is 20.0 Å². The van der Waals surface area contributed by atoms with Crippen molar-refractivity contribution in [1.29, 1.82) is 0 Å². The molecule has 29 heavy (non-hydrogen) atoms. The molecule has 0 aliphatic carbocycles. The highest BCUT2D eigenvalue weighted by Gasteiger charge is 2.31. The lowest BCUT2D eigenvalue weighted by molar-refractivity contribution is 0.315. The number of benzene rings is 2. The van der Waals surface area contributed by atoms with Crippen LogP contribution < -0.4 is 4.72 Å². The second-order valence-electron chi connectivity index (χ2n) is 7.83. The molecular formula is C21H28N2O4S2. The predicted molar refractivity (Wildman–Crippen MR) is 114 cm³/mol. The number of rotatable bonds is 7. The van der Waals surface area contributed by atoms with E-state index in [1.807, 2.05) is 44.2 Å². The molecule has 3 rings (SSSR count). The minimum Gasteiger partial charge on any atom is -0.211 e. The smallest absolute Gasteiger partial charge is 0.211 e. The molecule has 0 saturated carbocycles. The summed E-state index contributed by atoms with van der Waals surface area (Å²) in [5, 5.41) is 0. The Labute approximate surface area is 174 Å². The van der Waals surface area contributed by atoms with Crippen LogP contribution in [0.3, 0.4) is 0 Å². The summed E-state index contributed by atoms with van der Waals surface area (Å²) in [5.74, 6) is 0.348. The molecule has 158 valence electrons. The number of hydrogen-bond donors (Lipinski definition) is 1. The molecule has 1 N–H and O–H groups in total. The maximum Gasteiger partial charge on any atom is 0.243 e. The van der Waals surface area contributed by atoms with Crippen molar-refractivity contribution in [2.75, 3.05) is 19.6 Å². The molecule has 8 heteroatoms. The van der Waals surface area contributed by atoms with Gasteiger partial charge in [-0.3, -0.25) is 0 Å². The summed E-state index contributed by atoms with van der Waals surface area (Å²) in [5.41, 5.74) is 1.14. The molecule has 1 fully saturated rings. The summed E-state index contributed by atoms with van der Waals surface area (Å²) >= 11 is 0. The quantitative estimate of drug-likeness (QED) is 0.723. The first-order valence-electron chi connectivity index (χ1n) is 9.85. The fourth-order valence-corrected chi connectivity index (χ4v) is 6.20. The fourth-order valence-electron chi connectivity index (χ4n) is 3.46. The Morgan fingerprint density at radius 2 is 1.59 bits per heavy atom. The lowest BCUT2D eigenvalue weighted by Gasteiger charge is -2.32.